The SMILES string of the molecule is N#Cc1ccc(N(c2cc(-c3ccccc3)cc(-c3ccccc3)c2)c2ccc3ccc4c(N(c5ccc(C(F)(F)F)cc5)c5cc(-c6ccccc6)cc(-c6ccccc6)c5)ccc5ccc2c3c54)cc1. The molecule has 12 aromatic carbocycles. The van der Waals surface area contributed by atoms with Gasteiger partial charge in [-0.15, -0.1) is 0 Å². The molecule has 12 aromatic rings. The normalized spacial score (nSPS) is 11.5. The van der Waals surface area contributed by atoms with Gasteiger partial charge in [0, 0.05) is 33.5 Å². The molecule has 0 N–H and O–H groups in total. The molecule has 0 aliphatic heterocycles. The van der Waals surface area contributed by atoms with E-state index in [-0.39, 0.29) is 0 Å². The van der Waals surface area contributed by atoms with Gasteiger partial charge in [0.15, 0.2) is 0 Å². The molecule has 0 saturated carbocycles. The summed E-state index contributed by atoms with van der Waals surface area (Å²) in [6.45, 7) is 0. The Kier molecular flexibility index (Phi) is 11.0. The Morgan fingerprint density at radius 1 is 0.319 bits per heavy atom. The molecule has 0 aliphatic carbocycles. The van der Waals surface area contributed by atoms with E-state index in [4.69, 9.17) is 0 Å². The van der Waals surface area contributed by atoms with Gasteiger partial charge in [-0.2, -0.15) is 18.4 Å². The molecule has 0 aliphatic rings. The van der Waals surface area contributed by atoms with Crippen LogP contribution in [-0.4, -0.2) is 0 Å². The van der Waals surface area contributed by atoms with Crippen LogP contribution in [0.4, 0.5) is 47.3 Å². The predicted molar refractivity (Wildman–Crippen MR) is 291 cm³/mol. The zero-order chi connectivity index (χ0) is 48.8. The minimum absolute atomic E-state index is 0.562. The van der Waals surface area contributed by atoms with Gasteiger partial charge in [0.25, 0.3) is 0 Å². The number of benzene rings is 12. The second-order valence-electron chi connectivity index (χ2n) is 18.0. The fraction of sp³-hybridized carbons (Fsp3) is 0.0152. The minimum Gasteiger partial charge on any atom is -0.310 e. The van der Waals surface area contributed by atoms with E-state index in [1.165, 1.54) is 0 Å². The van der Waals surface area contributed by atoms with Gasteiger partial charge >= 0.3 is 6.18 Å². The Hall–Kier alpha value is -9.44. The Bertz CT molecular complexity index is 3830. The third-order valence-corrected chi connectivity index (χ3v) is 13.6. The van der Waals surface area contributed by atoms with E-state index >= 15 is 0 Å². The molecular formula is C66H42F3N3. The highest BCUT2D eigenvalue weighted by Crippen LogP contribution is 2.49. The first-order valence-corrected chi connectivity index (χ1v) is 23.8. The number of nitriles is 1. The molecule has 3 nitrogen and oxygen atoms in total. The van der Waals surface area contributed by atoms with Crippen LogP contribution in [-0.2, 0) is 6.18 Å². The maximum absolute atomic E-state index is 14.2. The molecule has 0 amide bonds. The number of hydrogen-bond acceptors (Lipinski definition) is 3. The van der Waals surface area contributed by atoms with Gasteiger partial charge in [0.1, 0.15) is 0 Å². The minimum atomic E-state index is -4.50. The highest BCUT2D eigenvalue weighted by Gasteiger charge is 2.31. The van der Waals surface area contributed by atoms with E-state index < -0.39 is 11.7 Å². The smallest absolute Gasteiger partial charge is 0.310 e. The lowest BCUT2D eigenvalue weighted by atomic mass is 9.91. The number of anilines is 6. The van der Waals surface area contributed by atoms with Crippen molar-refractivity contribution in [3.8, 4) is 50.6 Å². The van der Waals surface area contributed by atoms with Gasteiger partial charge in [-0.3, -0.25) is 0 Å². The Morgan fingerprint density at radius 2 is 0.653 bits per heavy atom. The van der Waals surface area contributed by atoms with E-state index in [1.54, 1.807) is 12.1 Å². The van der Waals surface area contributed by atoms with E-state index in [1.807, 2.05) is 72.8 Å². The summed E-state index contributed by atoms with van der Waals surface area (Å²) in [7, 11) is 0. The van der Waals surface area contributed by atoms with Crippen LogP contribution in [0.3, 0.4) is 0 Å². The van der Waals surface area contributed by atoms with E-state index in [0.717, 1.165) is 117 Å². The molecule has 72 heavy (non-hydrogen) atoms. The maximum Gasteiger partial charge on any atom is 0.416 e. The van der Waals surface area contributed by atoms with Gasteiger partial charge in [0.05, 0.1) is 28.6 Å². The molecule has 0 saturated heterocycles. The highest BCUT2D eigenvalue weighted by molar-refractivity contribution is 6.28. The largest absolute Gasteiger partial charge is 0.416 e. The van der Waals surface area contributed by atoms with Crippen molar-refractivity contribution >= 4 is 66.4 Å². The first-order valence-electron chi connectivity index (χ1n) is 23.8. The predicted octanol–water partition coefficient (Wildman–Crippen LogP) is 19.1. The molecule has 12 rings (SSSR count). The van der Waals surface area contributed by atoms with Crippen LogP contribution < -0.4 is 9.80 Å². The second-order valence-corrected chi connectivity index (χ2v) is 18.0. The van der Waals surface area contributed by atoms with E-state index in [9.17, 15) is 18.4 Å². The zero-order valence-electron chi connectivity index (χ0n) is 38.7. The highest BCUT2D eigenvalue weighted by atomic mass is 19.4. The fourth-order valence-corrected chi connectivity index (χ4v) is 10.2. The van der Waals surface area contributed by atoms with Gasteiger partial charge in [-0.05, 0) is 163 Å². The van der Waals surface area contributed by atoms with Crippen molar-refractivity contribution < 1.29 is 13.2 Å². The van der Waals surface area contributed by atoms with Crippen LogP contribution in [0.15, 0.2) is 255 Å². The standard InChI is InChI=1S/C66H42F3N3/c67-66(68,69)55-27-31-57(32-28-55)72(59-41-53(47-17-9-3-10-18-47)38-54(42-59)48-19-11-4-12-20-48)63-36-26-50-23-33-60-62(35-25-49-24-34-61(63)65(50)64(49)60)71(56-29-21-44(43-70)22-30-56)58-39-51(45-13-5-1-6-14-45)37-52(40-58)46-15-7-2-8-16-46/h1-42H. The topological polar surface area (TPSA) is 30.3 Å². The van der Waals surface area contributed by atoms with Gasteiger partial charge < -0.3 is 9.80 Å². The molecule has 0 fully saturated rings. The lowest BCUT2D eigenvalue weighted by molar-refractivity contribution is -0.137. The average molecular weight is 934 g/mol. The van der Waals surface area contributed by atoms with Crippen LogP contribution in [0, 0.1) is 11.3 Å². The van der Waals surface area contributed by atoms with Crippen molar-refractivity contribution in [1.29, 1.82) is 5.26 Å². The quantitative estimate of drug-likeness (QED) is 0.128. The van der Waals surface area contributed by atoms with Crippen molar-refractivity contribution in [2.24, 2.45) is 0 Å². The molecule has 0 bridgehead atoms. The third kappa shape index (κ3) is 8.13. The van der Waals surface area contributed by atoms with Crippen molar-refractivity contribution in [2.75, 3.05) is 9.80 Å². The summed E-state index contributed by atoms with van der Waals surface area (Å²) in [5.41, 5.74) is 13.1. The number of nitrogens with zero attached hydrogens (tertiary/aromatic N) is 3. The molecule has 0 heterocycles. The van der Waals surface area contributed by atoms with Crippen molar-refractivity contribution in [2.45, 2.75) is 6.18 Å². The molecule has 0 spiro atoms. The van der Waals surface area contributed by atoms with Crippen molar-refractivity contribution in [1.82, 2.24) is 0 Å². The average Bonchev–Trinajstić information content (AvgIpc) is 3.44. The number of halogens is 3. The molecule has 6 heteroatoms. The number of rotatable bonds is 10. The number of hydrogen-bond donors (Lipinski definition) is 0. The fourth-order valence-electron chi connectivity index (χ4n) is 10.2. The van der Waals surface area contributed by atoms with Crippen LogP contribution in [0.2, 0.25) is 0 Å². The van der Waals surface area contributed by atoms with Gasteiger partial charge in [-0.25, -0.2) is 0 Å². The summed E-state index contributed by atoms with van der Waals surface area (Å²) < 4.78 is 42.6. The summed E-state index contributed by atoms with van der Waals surface area (Å²) in [6, 6.07) is 86.9. The van der Waals surface area contributed by atoms with Crippen LogP contribution in [0.1, 0.15) is 11.1 Å². The lowest BCUT2D eigenvalue weighted by Crippen LogP contribution is -2.12. The Morgan fingerprint density at radius 3 is 0.986 bits per heavy atom. The van der Waals surface area contributed by atoms with Crippen molar-refractivity contribution in [3.63, 3.8) is 0 Å². The molecule has 0 radical (unpaired) electrons. The second kappa shape index (κ2) is 18.1. The van der Waals surface area contributed by atoms with E-state index in [0.29, 0.717) is 11.3 Å². The summed E-state index contributed by atoms with van der Waals surface area (Å²) in [4.78, 5) is 4.37. The summed E-state index contributed by atoms with van der Waals surface area (Å²) in [5, 5.41) is 16.0. The first-order chi connectivity index (χ1) is 35.3. The number of alkyl halides is 3. The first kappa shape index (κ1) is 43.8. The summed E-state index contributed by atoms with van der Waals surface area (Å²) in [5.74, 6) is 0. The van der Waals surface area contributed by atoms with Crippen molar-refractivity contribution in [3.05, 3.63) is 266 Å². The van der Waals surface area contributed by atoms with Gasteiger partial charge in [0.2, 0.25) is 0 Å². The molecule has 0 aromatic heterocycles. The van der Waals surface area contributed by atoms with Crippen LogP contribution in [0.5, 0.6) is 0 Å². The summed E-state index contributed by atoms with van der Waals surface area (Å²) in [6.07, 6.45) is -4.50. The molecule has 0 unspecified atom stereocenters. The monoisotopic (exact) mass is 933 g/mol. The third-order valence-electron chi connectivity index (χ3n) is 13.6. The zero-order valence-corrected chi connectivity index (χ0v) is 38.7. The van der Waals surface area contributed by atoms with Crippen LogP contribution in [0.25, 0.3) is 76.8 Å². The van der Waals surface area contributed by atoms with Gasteiger partial charge in [-0.1, -0.05) is 158 Å². The molecule has 342 valence electrons. The Labute approximate surface area is 415 Å². The summed E-state index contributed by atoms with van der Waals surface area (Å²) >= 11 is 0. The molecular weight excluding hydrogens is 892 g/mol. The van der Waals surface area contributed by atoms with Crippen LogP contribution >= 0.6 is 0 Å². The molecule has 0 atom stereocenters. The maximum atomic E-state index is 14.2. The lowest BCUT2D eigenvalue weighted by Gasteiger charge is -2.30. The Balaban J connectivity index is 1.11. The van der Waals surface area contributed by atoms with E-state index in [2.05, 4.69) is 174 Å².